The first kappa shape index (κ1) is 13.5. The van der Waals surface area contributed by atoms with Gasteiger partial charge in [-0.3, -0.25) is 14.3 Å². The van der Waals surface area contributed by atoms with Crippen LogP contribution in [-0.4, -0.2) is 34.1 Å². The number of aromatic amines is 1. The Bertz CT molecular complexity index is 523. The number of hydrogen-bond donors (Lipinski definition) is 1. The summed E-state index contributed by atoms with van der Waals surface area (Å²) in [5.41, 5.74) is -0.701. The molecule has 1 atom stereocenters. The van der Waals surface area contributed by atoms with Crippen molar-refractivity contribution in [2.45, 2.75) is 38.3 Å². The van der Waals surface area contributed by atoms with Gasteiger partial charge >= 0.3 is 5.69 Å². The van der Waals surface area contributed by atoms with E-state index in [0.717, 1.165) is 13.0 Å². The van der Waals surface area contributed by atoms with Gasteiger partial charge in [-0.2, -0.15) is 0 Å². The maximum atomic E-state index is 11.6. The van der Waals surface area contributed by atoms with Crippen molar-refractivity contribution in [1.29, 1.82) is 0 Å². The van der Waals surface area contributed by atoms with Crippen LogP contribution in [0.4, 0.5) is 0 Å². The lowest BCUT2D eigenvalue weighted by Crippen LogP contribution is -2.38. The number of piperidine rings is 1. The first-order valence-electron chi connectivity index (χ1n) is 6.27. The van der Waals surface area contributed by atoms with Gasteiger partial charge in [-0.15, -0.1) is 0 Å². The maximum absolute atomic E-state index is 11.6. The summed E-state index contributed by atoms with van der Waals surface area (Å²) in [5, 5.41) is 0. The molecule has 100 valence electrons. The zero-order valence-electron chi connectivity index (χ0n) is 10.5. The Morgan fingerprint density at radius 3 is 2.94 bits per heavy atom. The predicted octanol–water partition coefficient (Wildman–Crippen LogP) is 1.17. The lowest BCUT2D eigenvalue weighted by atomic mass is 10.0. The molecule has 1 aromatic rings. The molecule has 2 rings (SSSR count). The summed E-state index contributed by atoms with van der Waals surface area (Å²) in [7, 11) is 2.13. The minimum atomic E-state index is -0.369. The van der Waals surface area contributed by atoms with Gasteiger partial charge in [0.15, 0.2) is 0 Å². The average molecular weight is 316 g/mol. The molecule has 0 saturated carbocycles. The molecule has 1 N–H and O–H groups in total. The molecule has 0 amide bonds. The Kier molecular flexibility index (Phi) is 4.40. The molecule has 5 nitrogen and oxygen atoms in total. The van der Waals surface area contributed by atoms with Crippen molar-refractivity contribution in [2.24, 2.45) is 0 Å². The van der Waals surface area contributed by atoms with Crippen molar-refractivity contribution in [3.63, 3.8) is 0 Å². The Labute approximate surface area is 114 Å². The number of H-pyrrole nitrogens is 1. The topological polar surface area (TPSA) is 58.1 Å². The van der Waals surface area contributed by atoms with Crippen molar-refractivity contribution >= 4 is 15.9 Å². The molecule has 0 bridgehead atoms. The third-order valence-corrected chi connectivity index (χ3v) is 4.16. The molecular weight excluding hydrogens is 298 g/mol. The predicted molar refractivity (Wildman–Crippen MR) is 73.9 cm³/mol. The van der Waals surface area contributed by atoms with Crippen LogP contribution in [-0.2, 0) is 6.54 Å². The molecule has 0 aliphatic carbocycles. The monoisotopic (exact) mass is 315 g/mol. The summed E-state index contributed by atoms with van der Waals surface area (Å²) in [6, 6.07) is 0.538. The number of aryl methyl sites for hydroxylation is 1. The summed E-state index contributed by atoms with van der Waals surface area (Å²) >= 11 is 3.14. The van der Waals surface area contributed by atoms with E-state index < -0.39 is 0 Å². The Morgan fingerprint density at radius 2 is 2.22 bits per heavy atom. The Morgan fingerprint density at radius 1 is 1.44 bits per heavy atom. The molecule has 0 radical (unpaired) electrons. The zero-order valence-corrected chi connectivity index (χ0v) is 12.1. The van der Waals surface area contributed by atoms with Crippen LogP contribution in [0.25, 0.3) is 0 Å². The highest BCUT2D eigenvalue weighted by molar-refractivity contribution is 9.10. The van der Waals surface area contributed by atoms with Crippen molar-refractivity contribution in [2.75, 3.05) is 13.6 Å². The highest BCUT2D eigenvalue weighted by Crippen LogP contribution is 2.18. The van der Waals surface area contributed by atoms with Crippen LogP contribution in [0.3, 0.4) is 0 Å². The molecular formula is C12H18BrN3O2. The van der Waals surface area contributed by atoms with E-state index in [0.29, 0.717) is 17.1 Å². The average Bonchev–Trinajstić information content (AvgIpc) is 2.34. The Hall–Kier alpha value is -0.880. The summed E-state index contributed by atoms with van der Waals surface area (Å²) < 4.78 is 1.97. The second-order valence-electron chi connectivity index (χ2n) is 4.85. The van der Waals surface area contributed by atoms with Crippen molar-refractivity contribution < 1.29 is 0 Å². The van der Waals surface area contributed by atoms with Crippen molar-refractivity contribution in [3.05, 3.63) is 31.5 Å². The van der Waals surface area contributed by atoms with Crippen LogP contribution < -0.4 is 11.2 Å². The standard InChI is InChI=1S/C12H18BrN3O2/c1-15-6-3-2-4-9(15)5-7-16-8-10(13)11(17)14-12(16)18/h8-9H,2-7H2,1H3,(H,14,17,18). The van der Waals surface area contributed by atoms with Gasteiger partial charge in [0.25, 0.3) is 5.56 Å². The van der Waals surface area contributed by atoms with Gasteiger partial charge in [0, 0.05) is 18.8 Å². The second-order valence-corrected chi connectivity index (χ2v) is 5.70. The quantitative estimate of drug-likeness (QED) is 0.911. The van der Waals surface area contributed by atoms with E-state index >= 15 is 0 Å². The van der Waals surface area contributed by atoms with Gasteiger partial charge in [-0.25, -0.2) is 4.79 Å². The number of nitrogens with one attached hydrogen (secondary N) is 1. The van der Waals surface area contributed by atoms with Gasteiger partial charge < -0.3 is 4.90 Å². The number of halogens is 1. The highest BCUT2D eigenvalue weighted by Gasteiger charge is 2.18. The zero-order chi connectivity index (χ0) is 13.1. The SMILES string of the molecule is CN1CCCCC1CCn1cc(Br)c(=O)[nH]c1=O. The van der Waals surface area contributed by atoms with Crippen LogP contribution in [0.2, 0.25) is 0 Å². The number of rotatable bonds is 3. The maximum Gasteiger partial charge on any atom is 0.328 e. The summed E-state index contributed by atoms with van der Waals surface area (Å²) in [6.07, 6.45) is 6.23. The van der Waals surface area contributed by atoms with Gasteiger partial charge in [0.1, 0.15) is 0 Å². The summed E-state index contributed by atoms with van der Waals surface area (Å²) in [4.78, 5) is 27.5. The van der Waals surface area contributed by atoms with Gasteiger partial charge in [0.05, 0.1) is 4.47 Å². The van der Waals surface area contributed by atoms with Crippen LogP contribution in [0, 0.1) is 0 Å². The summed E-state index contributed by atoms with van der Waals surface area (Å²) in [5.74, 6) is 0. The second kappa shape index (κ2) is 5.84. The first-order valence-corrected chi connectivity index (χ1v) is 7.07. The third-order valence-electron chi connectivity index (χ3n) is 3.59. The molecule has 0 aromatic carbocycles. The third kappa shape index (κ3) is 3.11. The van der Waals surface area contributed by atoms with E-state index in [1.54, 1.807) is 10.8 Å². The molecule has 1 aliphatic heterocycles. The molecule has 1 aliphatic rings. The van der Waals surface area contributed by atoms with E-state index in [1.165, 1.54) is 19.3 Å². The molecule has 0 spiro atoms. The van der Waals surface area contributed by atoms with E-state index in [9.17, 15) is 9.59 Å². The van der Waals surface area contributed by atoms with Crippen LogP contribution in [0.5, 0.6) is 0 Å². The number of aromatic nitrogens is 2. The van der Waals surface area contributed by atoms with E-state index in [4.69, 9.17) is 0 Å². The fourth-order valence-electron chi connectivity index (χ4n) is 2.45. The minimum Gasteiger partial charge on any atom is -0.303 e. The van der Waals surface area contributed by atoms with Crippen LogP contribution in [0.1, 0.15) is 25.7 Å². The van der Waals surface area contributed by atoms with Gasteiger partial charge in [-0.05, 0) is 48.8 Å². The molecule has 2 heterocycles. The Balaban J connectivity index is 2.04. The fraction of sp³-hybridized carbons (Fsp3) is 0.667. The van der Waals surface area contributed by atoms with Crippen LogP contribution in [0.15, 0.2) is 20.3 Å². The highest BCUT2D eigenvalue weighted by atomic mass is 79.9. The molecule has 1 unspecified atom stereocenters. The first-order chi connectivity index (χ1) is 8.58. The molecule has 6 heteroatoms. The van der Waals surface area contributed by atoms with Crippen molar-refractivity contribution in [1.82, 2.24) is 14.5 Å². The van der Waals surface area contributed by atoms with E-state index in [2.05, 4.69) is 32.9 Å². The van der Waals surface area contributed by atoms with E-state index in [-0.39, 0.29) is 11.2 Å². The minimum absolute atomic E-state index is 0.332. The van der Waals surface area contributed by atoms with Gasteiger partial charge in [-0.1, -0.05) is 6.42 Å². The fourth-order valence-corrected chi connectivity index (χ4v) is 2.79. The molecule has 1 aromatic heterocycles. The smallest absolute Gasteiger partial charge is 0.303 e. The number of nitrogens with zero attached hydrogens (tertiary/aromatic N) is 2. The summed E-state index contributed by atoms with van der Waals surface area (Å²) in [6.45, 7) is 1.78. The van der Waals surface area contributed by atoms with Crippen LogP contribution >= 0.6 is 15.9 Å². The van der Waals surface area contributed by atoms with Crippen molar-refractivity contribution in [3.8, 4) is 0 Å². The molecule has 1 fully saturated rings. The lowest BCUT2D eigenvalue weighted by molar-refractivity contribution is 0.170. The molecule has 1 saturated heterocycles. The van der Waals surface area contributed by atoms with E-state index in [1.807, 2.05) is 0 Å². The normalized spacial score (nSPS) is 21.1. The molecule has 18 heavy (non-hydrogen) atoms. The largest absolute Gasteiger partial charge is 0.328 e. The lowest BCUT2D eigenvalue weighted by Gasteiger charge is -2.32. The van der Waals surface area contributed by atoms with Gasteiger partial charge in [0.2, 0.25) is 0 Å². The number of hydrogen-bond acceptors (Lipinski definition) is 3. The number of likely N-dealkylation sites (tertiary alicyclic amines) is 1.